The topological polar surface area (TPSA) is 24.9 Å². The van der Waals surface area contributed by atoms with Crippen molar-refractivity contribution >= 4 is 34.5 Å². The van der Waals surface area contributed by atoms with Crippen molar-refractivity contribution in [2.75, 3.05) is 6.54 Å². The van der Waals surface area contributed by atoms with Crippen LogP contribution in [0.3, 0.4) is 0 Å². The van der Waals surface area contributed by atoms with E-state index in [1.54, 1.807) is 11.3 Å². The molecule has 0 aliphatic rings. The molecule has 1 aromatic carbocycles. The summed E-state index contributed by atoms with van der Waals surface area (Å²) in [5, 5.41) is 4.92. The second kappa shape index (κ2) is 6.71. The predicted octanol–water partition coefficient (Wildman–Crippen LogP) is 4.65. The van der Waals surface area contributed by atoms with E-state index in [0.29, 0.717) is 0 Å². The van der Waals surface area contributed by atoms with Crippen LogP contribution in [0.2, 0.25) is 10.0 Å². The van der Waals surface area contributed by atoms with Crippen molar-refractivity contribution in [3.05, 3.63) is 49.9 Å². The lowest BCUT2D eigenvalue weighted by atomic mass is 10.0. The van der Waals surface area contributed by atoms with Crippen molar-refractivity contribution in [3.8, 4) is 0 Å². The Morgan fingerprint density at radius 2 is 2.00 bits per heavy atom. The number of aryl methyl sites for hydroxylation is 1. The van der Waals surface area contributed by atoms with Crippen LogP contribution in [0.25, 0.3) is 0 Å². The van der Waals surface area contributed by atoms with Gasteiger partial charge >= 0.3 is 0 Å². The van der Waals surface area contributed by atoms with E-state index >= 15 is 0 Å². The van der Waals surface area contributed by atoms with E-state index in [1.165, 1.54) is 4.88 Å². The summed E-state index contributed by atoms with van der Waals surface area (Å²) in [4.78, 5) is 5.57. The first-order chi connectivity index (χ1) is 9.13. The molecule has 2 aromatic rings. The molecule has 1 atom stereocenters. The van der Waals surface area contributed by atoms with Gasteiger partial charge in [0.2, 0.25) is 0 Å². The Labute approximate surface area is 127 Å². The molecule has 0 saturated carbocycles. The van der Waals surface area contributed by atoms with E-state index in [-0.39, 0.29) is 6.04 Å². The quantitative estimate of drug-likeness (QED) is 0.868. The number of aromatic nitrogens is 1. The van der Waals surface area contributed by atoms with E-state index in [9.17, 15) is 0 Å². The van der Waals surface area contributed by atoms with Gasteiger partial charge in [-0.3, -0.25) is 0 Å². The highest BCUT2D eigenvalue weighted by Gasteiger charge is 2.18. The molecule has 1 heterocycles. The van der Waals surface area contributed by atoms with Gasteiger partial charge in [-0.25, -0.2) is 4.98 Å². The monoisotopic (exact) mass is 314 g/mol. The highest BCUT2D eigenvalue weighted by molar-refractivity contribution is 7.09. The van der Waals surface area contributed by atoms with Gasteiger partial charge in [0.05, 0.1) is 11.2 Å². The molecule has 102 valence electrons. The molecule has 5 heteroatoms. The van der Waals surface area contributed by atoms with Crippen LogP contribution >= 0.6 is 34.5 Å². The second-order valence-corrected chi connectivity index (χ2v) is 6.02. The average molecular weight is 315 g/mol. The normalized spacial score (nSPS) is 12.6. The molecular weight excluding hydrogens is 299 g/mol. The summed E-state index contributed by atoms with van der Waals surface area (Å²) in [6.45, 7) is 5.02. The van der Waals surface area contributed by atoms with Gasteiger partial charge in [0.1, 0.15) is 0 Å². The first kappa shape index (κ1) is 14.8. The SMILES string of the molecule is CCNC(Cc1c(Cl)cccc1Cl)c1scnc1C. The molecular formula is C14H16Cl2N2S. The minimum atomic E-state index is 0.204. The van der Waals surface area contributed by atoms with Crippen LogP contribution < -0.4 is 5.32 Å². The molecule has 1 N–H and O–H groups in total. The van der Waals surface area contributed by atoms with Crippen LogP contribution in [0.1, 0.15) is 29.1 Å². The molecule has 2 nitrogen and oxygen atoms in total. The fraction of sp³-hybridized carbons (Fsp3) is 0.357. The summed E-state index contributed by atoms with van der Waals surface area (Å²) in [5.74, 6) is 0. The first-order valence-electron chi connectivity index (χ1n) is 6.19. The Morgan fingerprint density at radius 1 is 1.32 bits per heavy atom. The Bertz CT molecular complexity index is 534. The smallest absolute Gasteiger partial charge is 0.0798 e. The van der Waals surface area contributed by atoms with E-state index in [4.69, 9.17) is 23.2 Å². The van der Waals surface area contributed by atoms with Crippen molar-refractivity contribution in [1.29, 1.82) is 0 Å². The van der Waals surface area contributed by atoms with Crippen molar-refractivity contribution in [1.82, 2.24) is 10.3 Å². The molecule has 0 aliphatic carbocycles. The van der Waals surface area contributed by atoms with Crippen LogP contribution in [0, 0.1) is 6.92 Å². The van der Waals surface area contributed by atoms with E-state index in [2.05, 4.69) is 17.2 Å². The highest BCUT2D eigenvalue weighted by atomic mass is 35.5. The number of hydrogen-bond donors (Lipinski definition) is 1. The molecule has 19 heavy (non-hydrogen) atoms. The lowest BCUT2D eigenvalue weighted by molar-refractivity contribution is 0.555. The van der Waals surface area contributed by atoms with Crippen LogP contribution in [0.4, 0.5) is 0 Å². The van der Waals surface area contributed by atoms with Crippen molar-refractivity contribution < 1.29 is 0 Å². The number of benzene rings is 1. The number of halogens is 2. The van der Waals surface area contributed by atoms with Crippen molar-refractivity contribution in [2.24, 2.45) is 0 Å². The average Bonchev–Trinajstić information content (AvgIpc) is 2.79. The first-order valence-corrected chi connectivity index (χ1v) is 7.83. The van der Waals surface area contributed by atoms with E-state index < -0.39 is 0 Å². The number of likely N-dealkylation sites (N-methyl/N-ethyl adjacent to an activating group) is 1. The lowest BCUT2D eigenvalue weighted by Gasteiger charge is -2.18. The Hall–Kier alpha value is -0.610. The zero-order chi connectivity index (χ0) is 13.8. The summed E-state index contributed by atoms with van der Waals surface area (Å²) in [6.07, 6.45) is 0.773. The minimum absolute atomic E-state index is 0.204. The minimum Gasteiger partial charge on any atom is -0.309 e. The summed E-state index contributed by atoms with van der Waals surface area (Å²) in [7, 11) is 0. The van der Waals surface area contributed by atoms with Gasteiger partial charge in [-0.15, -0.1) is 11.3 Å². The van der Waals surface area contributed by atoms with Crippen LogP contribution in [-0.2, 0) is 6.42 Å². The molecule has 0 aliphatic heterocycles. The fourth-order valence-corrected chi connectivity index (χ4v) is 3.51. The van der Waals surface area contributed by atoms with Gasteiger partial charge in [0.15, 0.2) is 0 Å². The predicted molar refractivity (Wildman–Crippen MR) is 83.4 cm³/mol. The third-order valence-electron chi connectivity index (χ3n) is 3.02. The van der Waals surface area contributed by atoms with Crippen molar-refractivity contribution in [3.63, 3.8) is 0 Å². The Balaban J connectivity index is 2.29. The highest BCUT2D eigenvalue weighted by Crippen LogP contribution is 2.31. The third kappa shape index (κ3) is 3.48. The van der Waals surface area contributed by atoms with Gasteiger partial charge in [0, 0.05) is 21.0 Å². The largest absolute Gasteiger partial charge is 0.309 e. The maximum atomic E-state index is 6.25. The zero-order valence-electron chi connectivity index (χ0n) is 10.9. The molecule has 0 fully saturated rings. The van der Waals surface area contributed by atoms with Gasteiger partial charge in [-0.2, -0.15) is 0 Å². The maximum absolute atomic E-state index is 6.25. The van der Waals surface area contributed by atoms with Gasteiger partial charge in [-0.1, -0.05) is 36.2 Å². The van der Waals surface area contributed by atoms with Gasteiger partial charge in [0.25, 0.3) is 0 Å². The second-order valence-electron chi connectivity index (χ2n) is 4.32. The molecule has 0 saturated heterocycles. The van der Waals surface area contributed by atoms with Gasteiger partial charge in [-0.05, 0) is 37.6 Å². The van der Waals surface area contributed by atoms with Crippen molar-refractivity contribution in [2.45, 2.75) is 26.3 Å². The van der Waals surface area contributed by atoms with E-state index in [1.807, 2.05) is 30.6 Å². The summed E-state index contributed by atoms with van der Waals surface area (Å²) >= 11 is 14.2. The number of thiazole rings is 1. The summed E-state index contributed by atoms with van der Waals surface area (Å²) < 4.78 is 0. The number of hydrogen-bond acceptors (Lipinski definition) is 3. The number of nitrogens with zero attached hydrogens (tertiary/aromatic N) is 1. The van der Waals surface area contributed by atoms with Gasteiger partial charge < -0.3 is 5.32 Å². The van der Waals surface area contributed by atoms with E-state index in [0.717, 1.165) is 34.3 Å². The Kier molecular flexibility index (Phi) is 5.22. The molecule has 0 amide bonds. The lowest BCUT2D eigenvalue weighted by Crippen LogP contribution is -2.23. The molecule has 0 bridgehead atoms. The van der Waals surface area contributed by atoms with Crippen LogP contribution in [0.5, 0.6) is 0 Å². The maximum Gasteiger partial charge on any atom is 0.0798 e. The fourth-order valence-electron chi connectivity index (χ4n) is 2.08. The Morgan fingerprint density at radius 3 is 2.53 bits per heavy atom. The van der Waals surface area contributed by atoms with Crippen LogP contribution in [0.15, 0.2) is 23.7 Å². The number of nitrogens with one attached hydrogen (secondary N) is 1. The molecule has 0 radical (unpaired) electrons. The molecule has 1 aromatic heterocycles. The molecule has 1 unspecified atom stereocenters. The van der Waals surface area contributed by atoms with Crippen LogP contribution in [-0.4, -0.2) is 11.5 Å². The summed E-state index contributed by atoms with van der Waals surface area (Å²) in [6, 6.07) is 5.83. The summed E-state index contributed by atoms with van der Waals surface area (Å²) in [5.41, 5.74) is 3.94. The zero-order valence-corrected chi connectivity index (χ0v) is 13.2. The standard InChI is InChI=1S/C14H16Cl2N2S/c1-3-17-13(14-9(2)18-8-19-14)7-10-11(15)5-4-6-12(10)16/h4-6,8,13,17H,3,7H2,1-2H3. The number of rotatable bonds is 5. The third-order valence-corrected chi connectivity index (χ3v) is 4.77. The molecule has 2 rings (SSSR count). The molecule has 0 spiro atoms.